The van der Waals surface area contributed by atoms with Gasteiger partial charge in [-0.3, -0.25) is 15.1 Å². The molecule has 2 aromatic rings. The average molecular weight is 358 g/mol. The smallest absolute Gasteiger partial charge is 0.224 e. The summed E-state index contributed by atoms with van der Waals surface area (Å²) in [5.41, 5.74) is 4.04. The quantitative estimate of drug-likeness (QED) is 0.652. The maximum absolute atomic E-state index is 11.8. The first-order valence-electron chi connectivity index (χ1n) is 8.44. The summed E-state index contributed by atoms with van der Waals surface area (Å²) in [5.74, 6) is 0.642. The first-order chi connectivity index (χ1) is 12.5. The highest BCUT2D eigenvalue weighted by Gasteiger charge is 2.40. The Morgan fingerprint density at radius 1 is 1.23 bits per heavy atom. The zero-order valence-corrected chi connectivity index (χ0v) is 15.1. The van der Waals surface area contributed by atoms with E-state index in [1.807, 2.05) is 19.1 Å². The van der Waals surface area contributed by atoms with Crippen LogP contribution in [0.3, 0.4) is 0 Å². The van der Waals surface area contributed by atoms with Crippen molar-refractivity contribution < 1.29 is 19.5 Å². The van der Waals surface area contributed by atoms with Crippen LogP contribution in [0.25, 0.3) is 0 Å². The fraction of sp³-hybridized carbons (Fsp3) is 0.421. The molecule has 3 rings (SSSR count). The Labute approximate surface area is 151 Å². The van der Waals surface area contributed by atoms with E-state index in [9.17, 15) is 15.2 Å². The summed E-state index contributed by atoms with van der Waals surface area (Å²) < 4.78 is 10.8. The van der Waals surface area contributed by atoms with Crippen molar-refractivity contribution in [1.82, 2.24) is 4.98 Å². The van der Waals surface area contributed by atoms with Gasteiger partial charge in [0.1, 0.15) is 0 Å². The van der Waals surface area contributed by atoms with Gasteiger partial charge in [-0.15, -0.1) is 0 Å². The van der Waals surface area contributed by atoms with Crippen LogP contribution in [0.15, 0.2) is 24.5 Å². The molecule has 7 heteroatoms. The number of aliphatic hydroxyl groups is 1. The zero-order chi connectivity index (χ0) is 18.8. The van der Waals surface area contributed by atoms with E-state index >= 15 is 0 Å². The van der Waals surface area contributed by atoms with Crippen LogP contribution in [-0.2, 0) is 13.0 Å². The number of rotatable bonds is 5. The Balaban J connectivity index is 2.25. The molecule has 1 aromatic carbocycles. The lowest BCUT2D eigenvalue weighted by Crippen LogP contribution is -2.34. The SMILES string of the molecule is COc1cc2c(cc1OC)[C@@H](c1cncc(C)c1CO)[C@H]([N+](=O)[O-])CC2. The molecule has 138 valence electrons. The Morgan fingerprint density at radius 3 is 2.54 bits per heavy atom. The summed E-state index contributed by atoms with van der Waals surface area (Å²) >= 11 is 0. The third kappa shape index (κ3) is 2.99. The Kier molecular flexibility index (Phi) is 5.08. The van der Waals surface area contributed by atoms with Crippen LogP contribution in [0.1, 0.15) is 40.2 Å². The molecule has 0 bridgehead atoms. The van der Waals surface area contributed by atoms with E-state index in [1.54, 1.807) is 26.6 Å². The normalized spacial score (nSPS) is 18.9. The van der Waals surface area contributed by atoms with Gasteiger partial charge in [0.05, 0.1) is 26.7 Å². The van der Waals surface area contributed by atoms with Crippen molar-refractivity contribution in [2.45, 2.75) is 38.3 Å². The van der Waals surface area contributed by atoms with E-state index in [4.69, 9.17) is 9.47 Å². The van der Waals surface area contributed by atoms with Crippen LogP contribution in [0.5, 0.6) is 11.5 Å². The van der Waals surface area contributed by atoms with E-state index in [0.717, 1.165) is 16.7 Å². The molecule has 0 radical (unpaired) electrons. The number of ether oxygens (including phenoxy) is 2. The molecule has 26 heavy (non-hydrogen) atoms. The van der Waals surface area contributed by atoms with Crippen molar-refractivity contribution in [3.05, 3.63) is 62.5 Å². The number of nitrogens with zero attached hydrogens (tertiary/aromatic N) is 2. The van der Waals surface area contributed by atoms with Crippen LogP contribution in [0, 0.1) is 17.0 Å². The van der Waals surface area contributed by atoms with Crippen molar-refractivity contribution >= 4 is 0 Å². The number of methoxy groups -OCH3 is 2. The van der Waals surface area contributed by atoms with Crippen molar-refractivity contribution in [3.8, 4) is 11.5 Å². The molecular formula is C19H22N2O5. The molecule has 7 nitrogen and oxygen atoms in total. The minimum absolute atomic E-state index is 0.187. The lowest BCUT2D eigenvalue weighted by molar-refractivity contribution is -0.526. The summed E-state index contributed by atoms with van der Waals surface area (Å²) in [4.78, 5) is 15.8. The number of nitro groups is 1. The number of benzene rings is 1. The summed E-state index contributed by atoms with van der Waals surface area (Å²) in [6, 6.07) is 2.92. The van der Waals surface area contributed by atoms with Gasteiger partial charge in [-0.05, 0) is 53.3 Å². The first kappa shape index (κ1) is 18.1. The monoisotopic (exact) mass is 358 g/mol. The second-order valence-corrected chi connectivity index (χ2v) is 6.46. The van der Waals surface area contributed by atoms with Crippen LogP contribution >= 0.6 is 0 Å². The minimum Gasteiger partial charge on any atom is -0.493 e. The summed E-state index contributed by atoms with van der Waals surface area (Å²) in [6.45, 7) is 1.66. The molecule has 0 aliphatic heterocycles. The number of pyridine rings is 1. The maximum Gasteiger partial charge on any atom is 0.224 e. The third-order valence-electron chi connectivity index (χ3n) is 5.14. The molecule has 0 spiro atoms. The summed E-state index contributed by atoms with van der Waals surface area (Å²) in [7, 11) is 3.11. The second kappa shape index (κ2) is 7.29. The highest BCUT2D eigenvalue weighted by atomic mass is 16.6. The predicted molar refractivity (Wildman–Crippen MR) is 95.4 cm³/mol. The number of fused-ring (bicyclic) bond motifs is 1. The molecule has 1 heterocycles. The number of aliphatic hydroxyl groups excluding tert-OH is 1. The van der Waals surface area contributed by atoms with Gasteiger partial charge >= 0.3 is 0 Å². The van der Waals surface area contributed by atoms with Crippen LogP contribution in [0.4, 0.5) is 0 Å². The Hall–Kier alpha value is -2.67. The second-order valence-electron chi connectivity index (χ2n) is 6.46. The van der Waals surface area contributed by atoms with Crippen LogP contribution in [-0.4, -0.2) is 35.3 Å². The fourth-order valence-corrected chi connectivity index (χ4v) is 3.82. The van der Waals surface area contributed by atoms with Gasteiger partial charge in [-0.2, -0.15) is 0 Å². The molecule has 0 saturated carbocycles. The van der Waals surface area contributed by atoms with E-state index in [1.165, 1.54) is 0 Å². The van der Waals surface area contributed by atoms with Crippen molar-refractivity contribution in [2.24, 2.45) is 0 Å². The Morgan fingerprint density at radius 2 is 1.92 bits per heavy atom. The molecule has 0 fully saturated rings. The maximum atomic E-state index is 11.8. The fourth-order valence-electron chi connectivity index (χ4n) is 3.82. The number of aryl methyl sites for hydroxylation is 2. The van der Waals surface area contributed by atoms with E-state index < -0.39 is 12.0 Å². The van der Waals surface area contributed by atoms with Crippen LogP contribution < -0.4 is 9.47 Å². The topological polar surface area (TPSA) is 94.7 Å². The molecular weight excluding hydrogens is 336 g/mol. The predicted octanol–water partition coefficient (Wildman–Crippen LogP) is 2.62. The molecule has 1 aliphatic carbocycles. The third-order valence-corrected chi connectivity index (χ3v) is 5.14. The first-order valence-corrected chi connectivity index (χ1v) is 8.44. The van der Waals surface area contributed by atoms with Crippen molar-refractivity contribution in [2.75, 3.05) is 14.2 Å². The highest BCUT2D eigenvalue weighted by molar-refractivity contribution is 5.53. The molecule has 0 amide bonds. The van der Waals surface area contributed by atoms with E-state index in [-0.39, 0.29) is 11.5 Å². The number of aromatic nitrogens is 1. The standard InChI is InChI=1S/C19H22N2O5/c1-11-8-20-9-14(15(11)10-22)19-13-7-18(26-3)17(25-2)6-12(13)4-5-16(19)21(23)24/h6-9,16,19,22H,4-5,10H2,1-3H3/t16-,19+/m1/s1. The summed E-state index contributed by atoms with van der Waals surface area (Å²) in [5, 5.41) is 21.6. The highest BCUT2D eigenvalue weighted by Crippen LogP contribution is 2.44. The number of hydrogen-bond donors (Lipinski definition) is 1. The molecule has 1 aromatic heterocycles. The zero-order valence-electron chi connectivity index (χ0n) is 15.1. The van der Waals surface area contributed by atoms with Crippen LogP contribution in [0.2, 0.25) is 0 Å². The van der Waals surface area contributed by atoms with E-state index in [2.05, 4.69) is 4.98 Å². The van der Waals surface area contributed by atoms with Gasteiger partial charge in [0.15, 0.2) is 11.5 Å². The molecule has 2 atom stereocenters. The Bertz CT molecular complexity index is 837. The summed E-state index contributed by atoms with van der Waals surface area (Å²) in [6.07, 6.45) is 4.30. The van der Waals surface area contributed by atoms with Crippen molar-refractivity contribution in [3.63, 3.8) is 0 Å². The van der Waals surface area contributed by atoms with Gasteiger partial charge in [-0.25, -0.2) is 0 Å². The van der Waals surface area contributed by atoms with Gasteiger partial charge < -0.3 is 14.6 Å². The van der Waals surface area contributed by atoms with Gasteiger partial charge in [0, 0.05) is 23.7 Å². The lowest BCUT2D eigenvalue weighted by Gasteiger charge is -2.30. The van der Waals surface area contributed by atoms with Gasteiger partial charge in [-0.1, -0.05) is 0 Å². The van der Waals surface area contributed by atoms with Crippen molar-refractivity contribution in [1.29, 1.82) is 0 Å². The molecule has 0 unspecified atom stereocenters. The number of hydrogen-bond acceptors (Lipinski definition) is 6. The van der Waals surface area contributed by atoms with Gasteiger partial charge in [0.2, 0.25) is 6.04 Å². The minimum atomic E-state index is -0.783. The molecule has 1 N–H and O–H groups in total. The van der Waals surface area contributed by atoms with Gasteiger partial charge in [0.25, 0.3) is 0 Å². The van der Waals surface area contributed by atoms with E-state index in [0.29, 0.717) is 35.5 Å². The lowest BCUT2D eigenvalue weighted by atomic mass is 9.74. The average Bonchev–Trinajstić information content (AvgIpc) is 2.65. The molecule has 0 saturated heterocycles. The largest absolute Gasteiger partial charge is 0.493 e. The molecule has 1 aliphatic rings.